The van der Waals surface area contributed by atoms with Crippen LogP contribution in [0.25, 0.3) is 0 Å². The van der Waals surface area contributed by atoms with Crippen LogP contribution >= 0.6 is 11.8 Å². The summed E-state index contributed by atoms with van der Waals surface area (Å²) in [6.07, 6.45) is 2.14. The van der Waals surface area contributed by atoms with Crippen LogP contribution in [0.2, 0.25) is 0 Å². The van der Waals surface area contributed by atoms with Gasteiger partial charge in [-0.15, -0.1) is 0 Å². The van der Waals surface area contributed by atoms with Crippen LogP contribution in [0.4, 0.5) is 0 Å². The second kappa shape index (κ2) is 6.39. The van der Waals surface area contributed by atoms with Crippen LogP contribution in [0.15, 0.2) is 0 Å². The standard InChI is InChI=1S/C6H13ClN2O2/c7-9-4-2-1-3-5(8)6(10)11/h5,9H,1-4,8H2,(H,10,11)/t5-/m0/s1. The Bertz CT molecular complexity index is 121. The van der Waals surface area contributed by atoms with Crippen LogP contribution < -0.4 is 10.6 Å². The maximum absolute atomic E-state index is 10.2. The van der Waals surface area contributed by atoms with E-state index in [2.05, 4.69) is 4.84 Å². The number of carboxylic acids is 1. The van der Waals surface area contributed by atoms with Crippen LogP contribution in [-0.2, 0) is 4.79 Å². The highest BCUT2D eigenvalue weighted by Crippen LogP contribution is 1.98. The Hall–Kier alpha value is -0.320. The highest BCUT2D eigenvalue weighted by molar-refractivity contribution is 6.13. The molecule has 66 valence electrons. The fourth-order valence-electron chi connectivity index (χ4n) is 0.680. The van der Waals surface area contributed by atoms with Crippen LogP contribution in [0, 0.1) is 0 Å². The summed E-state index contributed by atoms with van der Waals surface area (Å²) in [6.45, 7) is 0.688. The number of hydrogen-bond acceptors (Lipinski definition) is 3. The average Bonchev–Trinajstić information content (AvgIpc) is 1.97. The lowest BCUT2D eigenvalue weighted by Crippen LogP contribution is -2.29. The van der Waals surface area contributed by atoms with Gasteiger partial charge in [0.1, 0.15) is 6.04 Å². The predicted molar refractivity (Wildman–Crippen MR) is 43.3 cm³/mol. The van der Waals surface area contributed by atoms with E-state index < -0.39 is 12.0 Å². The van der Waals surface area contributed by atoms with E-state index in [1.165, 1.54) is 0 Å². The molecule has 0 aliphatic heterocycles. The molecule has 11 heavy (non-hydrogen) atoms. The summed E-state index contributed by atoms with van der Waals surface area (Å²) >= 11 is 5.18. The van der Waals surface area contributed by atoms with Crippen LogP contribution in [-0.4, -0.2) is 23.7 Å². The van der Waals surface area contributed by atoms with Gasteiger partial charge in [-0.1, -0.05) is 0 Å². The van der Waals surface area contributed by atoms with Gasteiger partial charge in [-0.3, -0.25) is 4.79 Å². The fourth-order valence-corrected chi connectivity index (χ4v) is 0.813. The molecule has 0 saturated heterocycles. The molecule has 0 unspecified atom stereocenters. The van der Waals surface area contributed by atoms with Gasteiger partial charge in [-0.25, -0.2) is 4.84 Å². The minimum atomic E-state index is -0.941. The lowest BCUT2D eigenvalue weighted by atomic mass is 10.1. The van der Waals surface area contributed by atoms with E-state index >= 15 is 0 Å². The van der Waals surface area contributed by atoms with Gasteiger partial charge in [0, 0.05) is 6.54 Å². The van der Waals surface area contributed by atoms with Crippen molar-refractivity contribution < 1.29 is 9.90 Å². The number of nitrogens with two attached hydrogens (primary N) is 1. The minimum Gasteiger partial charge on any atom is -0.480 e. The van der Waals surface area contributed by atoms with Crippen LogP contribution in [0.1, 0.15) is 19.3 Å². The Kier molecular flexibility index (Phi) is 6.21. The summed E-state index contributed by atoms with van der Waals surface area (Å²) in [7, 11) is 0. The van der Waals surface area contributed by atoms with Crippen molar-refractivity contribution >= 4 is 17.7 Å². The zero-order valence-corrected chi connectivity index (χ0v) is 6.97. The van der Waals surface area contributed by atoms with E-state index in [4.69, 9.17) is 22.6 Å². The minimum absolute atomic E-state index is 0.508. The highest BCUT2D eigenvalue weighted by Gasteiger charge is 2.09. The van der Waals surface area contributed by atoms with Crippen LogP contribution in [0.5, 0.6) is 0 Å². The molecule has 0 aromatic rings. The first kappa shape index (κ1) is 10.7. The number of unbranched alkanes of at least 4 members (excludes halogenated alkanes) is 1. The molecule has 0 bridgehead atoms. The number of carbonyl (C=O) groups is 1. The molecule has 0 saturated carbocycles. The smallest absolute Gasteiger partial charge is 0.320 e. The quantitative estimate of drug-likeness (QED) is 0.406. The van der Waals surface area contributed by atoms with Crippen LogP contribution in [0.3, 0.4) is 0 Å². The topological polar surface area (TPSA) is 75.3 Å². The molecule has 0 heterocycles. The maximum atomic E-state index is 10.2. The summed E-state index contributed by atoms with van der Waals surface area (Å²) in [6, 6.07) is -0.731. The molecule has 0 amide bonds. The SMILES string of the molecule is N[C@@H](CCCCNCl)C(=O)O. The molecule has 0 aliphatic carbocycles. The van der Waals surface area contributed by atoms with Gasteiger partial charge in [0.05, 0.1) is 0 Å². The lowest BCUT2D eigenvalue weighted by molar-refractivity contribution is -0.138. The van der Waals surface area contributed by atoms with Crippen molar-refractivity contribution in [1.29, 1.82) is 0 Å². The van der Waals surface area contributed by atoms with Crippen molar-refractivity contribution in [3.05, 3.63) is 0 Å². The Morgan fingerprint density at radius 2 is 2.27 bits per heavy atom. The van der Waals surface area contributed by atoms with E-state index in [-0.39, 0.29) is 0 Å². The molecule has 0 aromatic carbocycles. The van der Waals surface area contributed by atoms with Crippen molar-refractivity contribution in [1.82, 2.24) is 4.84 Å². The van der Waals surface area contributed by atoms with Gasteiger partial charge in [0.25, 0.3) is 0 Å². The third kappa shape index (κ3) is 6.09. The van der Waals surface area contributed by atoms with Gasteiger partial charge in [0.15, 0.2) is 0 Å². The molecule has 0 aromatic heterocycles. The molecule has 5 heteroatoms. The van der Waals surface area contributed by atoms with E-state index in [1.807, 2.05) is 0 Å². The van der Waals surface area contributed by atoms with E-state index in [0.717, 1.165) is 12.8 Å². The summed E-state index contributed by atoms with van der Waals surface area (Å²) in [5, 5.41) is 8.37. The highest BCUT2D eigenvalue weighted by atomic mass is 35.5. The molecule has 0 rings (SSSR count). The van der Waals surface area contributed by atoms with Gasteiger partial charge in [-0.2, -0.15) is 0 Å². The normalized spacial score (nSPS) is 12.9. The van der Waals surface area contributed by atoms with Gasteiger partial charge in [-0.05, 0) is 31.0 Å². The summed E-state index contributed by atoms with van der Waals surface area (Å²) in [5.74, 6) is -0.941. The first-order valence-electron chi connectivity index (χ1n) is 3.50. The second-order valence-corrected chi connectivity index (χ2v) is 2.59. The molecular formula is C6H13ClN2O2. The number of hydrogen-bond donors (Lipinski definition) is 3. The molecule has 0 fully saturated rings. The lowest BCUT2D eigenvalue weighted by Gasteiger charge is -2.04. The van der Waals surface area contributed by atoms with Gasteiger partial charge in [0.2, 0.25) is 0 Å². The van der Waals surface area contributed by atoms with E-state index in [0.29, 0.717) is 13.0 Å². The first-order chi connectivity index (χ1) is 5.18. The number of halogens is 1. The first-order valence-corrected chi connectivity index (χ1v) is 3.88. The Labute approximate surface area is 70.8 Å². The third-order valence-corrected chi connectivity index (χ3v) is 1.54. The number of aliphatic carboxylic acids is 1. The fraction of sp³-hybridized carbons (Fsp3) is 0.833. The zero-order chi connectivity index (χ0) is 8.69. The molecule has 1 atom stereocenters. The molecule has 0 aliphatic rings. The molecular weight excluding hydrogens is 168 g/mol. The largest absolute Gasteiger partial charge is 0.480 e. The third-order valence-electron chi connectivity index (χ3n) is 1.35. The Balaban J connectivity index is 3.17. The molecule has 0 spiro atoms. The van der Waals surface area contributed by atoms with Gasteiger partial charge >= 0.3 is 5.97 Å². The monoisotopic (exact) mass is 180 g/mol. The summed E-state index contributed by atoms with van der Waals surface area (Å²) in [4.78, 5) is 12.7. The van der Waals surface area contributed by atoms with Crippen molar-refractivity contribution in [2.45, 2.75) is 25.3 Å². The summed E-state index contributed by atoms with van der Waals surface area (Å²) < 4.78 is 0. The van der Waals surface area contributed by atoms with E-state index in [9.17, 15) is 4.79 Å². The van der Waals surface area contributed by atoms with Gasteiger partial charge < -0.3 is 10.8 Å². The molecule has 4 nitrogen and oxygen atoms in total. The van der Waals surface area contributed by atoms with Crippen molar-refractivity contribution in [3.8, 4) is 0 Å². The van der Waals surface area contributed by atoms with Crippen molar-refractivity contribution in [3.63, 3.8) is 0 Å². The Morgan fingerprint density at radius 3 is 2.73 bits per heavy atom. The average molecular weight is 181 g/mol. The Morgan fingerprint density at radius 1 is 1.64 bits per heavy atom. The second-order valence-electron chi connectivity index (χ2n) is 2.32. The zero-order valence-electron chi connectivity index (χ0n) is 6.22. The molecule has 0 radical (unpaired) electrons. The number of nitrogens with one attached hydrogen (secondary N) is 1. The van der Waals surface area contributed by atoms with Crippen molar-refractivity contribution in [2.24, 2.45) is 5.73 Å². The molecule has 4 N–H and O–H groups in total. The van der Waals surface area contributed by atoms with E-state index in [1.54, 1.807) is 0 Å². The predicted octanol–water partition coefficient (Wildman–Crippen LogP) is 0.312. The van der Waals surface area contributed by atoms with Crippen molar-refractivity contribution in [2.75, 3.05) is 6.54 Å². The number of carboxylic acid groups (broad SMARTS) is 1. The number of rotatable bonds is 6. The maximum Gasteiger partial charge on any atom is 0.320 e. The summed E-state index contributed by atoms with van der Waals surface area (Å²) in [5.41, 5.74) is 5.25.